The van der Waals surface area contributed by atoms with E-state index >= 15 is 0 Å². The van der Waals surface area contributed by atoms with E-state index in [-0.39, 0.29) is 12.1 Å². The minimum atomic E-state index is -4.50. The number of nitrogens with zero attached hydrogens (tertiary/aromatic N) is 2. The number of furan rings is 1. The normalized spacial score (nSPS) is 11.3. The van der Waals surface area contributed by atoms with Gasteiger partial charge in [-0.15, -0.1) is 0 Å². The number of halogens is 3. The number of carbonyl (C=O) groups excluding carboxylic acids is 1. The second kappa shape index (κ2) is 8.34. The molecule has 158 valence electrons. The molecule has 10 heteroatoms. The Kier molecular flexibility index (Phi) is 5.44. The summed E-state index contributed by atoms with van der Waals surface area (Å²) in [5, 5.41) is 8.89. The quantitative estimate of drug-likeness (QED) is 0.433. The Morgan fingerprint density at radius 2 is 1.84 bits per heavy atom. The molecule has 7 nitrogen and oxygen atoms in total. The summed E-state index contributed by atoms with van der Waals surface area (Å²) in [5.74, 6) is 1.06. The van der Waals surface area contributed by atoms with Gasteiger partial charge in [-0.3, -0.25) is 0 Å². The van der Waals surface area contributed by atoms with Gasteiger partial charge in [0.15, 0.2) is 5.76 Å². The van der Waals surface area contributed by atoms with Crippen LogP contribution in [0.4, 0.5) is 29.3 Å². The second-order valence-corrected chi connectivity index (χ2v) is 6.48. The smallest absolute Gasteiger partial charge is 0.416 e. The molecule has 0 saturated carbocycles. The van der Waals surface area contributed by atoms with Crippen LogP contribution < -0.4 is 10.6 Å². The van der Waals surface area contributed by atoms with Crippen LogP contribution in [0.5, 0.6) is 0 Å². The lowest BCUT2D eigenvalue weighted by atomic mass is 10.1. The first-order chi connectivity index (χ1) is 14.9. The van der Waals surface area contributed by atoms with Crippen molar-refractivity contribution in [3.63, 3.8) is 0 Å². The Morgan fingerprint density at radius 3 is 2.61 bits per heavy atom. The van der Waals surface area contributed by atoms with E-state index < -0.39 is 17.8 Å². The van der Waals surface area contributed by atoms with Crippen molar-refractivity contribution in [1.29, 1.82) is 0 Å². The van der Waals surface area contributed by atoms with E-state index in [2.05, 4.69) is 20.8 Å². The molecule has 0 atom stereocenters. The van der Waals surface area contributed by atoms with E-state index in [0.29, 0.717) is 28.7 Å². The number of para-hydroxylation sites is 1. The Balaban J connectivity index is 1.46. The van der Waals surface area contributed by atoms with Crippen LogP contribution in [-0.4, -0.2) is 16.2 Å². The van der Waals surface area contributed by atoms with Crippen LogP contribution in [0.1, 0.15) is 17.0 Å². The number of nitrogens with one attached hydrogen (secondary N) is 2. The van der Waals surface area contributed by atoms with Crippen LogP contribution in [-0.2, 0) is 12.6 Å². The van der Waals surface area contributed by atoms with Gasteiger partial charge in [-0.2, -0.15) is 18.2 Å². The first-order valence-corrected chi connectivity index (χ1v) is 9.08. The van der Waals surface area contributed by atoms with Crippen molar-refractivity contribution in [3.8, 4) is 11.6 Å². The first-order valence-electron chi connectivity index (χ1n) is 9.08. The highest BCUT2D eigenvalue weighted by molar-refractivity contribution is 6.00. The summed E-state index contributed by atoms with van der Waals surface area (Å²) in [4.78, 5) is 16.6. The van der Waals surface area contributed by atoms with Crippen LogP contribution in [0.15, 0.2) is 75.9 Å². The van der Waals surface area contributed by atoms with E-state index in [0.717, 1.165) is 12.1 Å². The van der Waals surface area contributed by atoms with Crippen LogP contribution >= 0.6 is 0 Å². The molecular weight excluding hydrogens is 413 g/mol. The largest absolute Gasteiger partial charge is 0.461 e. The summed E-state index contributed by atoms with van der Waals surface area (Å²) in [6.07, 6.45) is -2.78. The van der Waals surface area contributed by atoms with Gasteiger partial charge in [0.2, 0.25) is 11.7 Å². The molecule has 0 saturated heterocycles. The molecule has 4 rings (SSSR count). The highest BCUT2D eigenvalue weighted by Crippen LogP contribution is 2.30. The van der Waals surface area contributed by atoms with Gasteiger partial charge in [-0.25, -0.2) is 4.79 Å². The predicted octanol–water partition coefficient (Wildman–Crippen LogP) is 5.58. The Labute approximate surface area is 173 Å². The zero-order valence-electron chi connectivity index (χ0n) is 15.8. The van der Waals surface area contributed by atoms with Crippen molar-refractivity contribution in [2.75, 3.05) is 10.6 Å². The molecule has 0 bridgehead atoms. The molecule has 0 fully saturated rings. The zero-order chi connectivity index (χ0) is 21.8. The maximum atomic E-state index is 12.8. The van der Waals surface area contributed by atoms with Gasteiger partial charge in [-0.05, 0) is 42.0 Å². The third-order valence-corrected chi connectivity index (χ3v) is 4.26. The predicted molar refractivity (Wildman–Crippen MR) is 105 cm³/mol. The molecule has 0 aliphatic carbocycles. The van der Waals surface area contributed by atoms with E-state index in [1.165, 1.54) is 18.4 Å². The van der Waals surface area contributed by atoms with Gasteiger partial charge < -0.3 is 19.6 Å². The number of carbonyl (C=O) groups is 1. The molecule has 0 unspecified atom stereocenters. The molecule has 2 N–H and O–H groups in total. The minimum absolute atomic E-state index is 0.0183. The van der Waals surface area contributed by atoms with Crippen molar-refractivity contribution in [2.24, 2.45) is 0 Å². The first kappa shape index (κ1) is 20.2. The fourth-order valence-corrected chi connectivity index (χ4v) is 2.85. The number of amides is 2. The van der Waals surface area contributed by atoms with Gasteiger partial charge in [-0.1, -0.05) is 29.4 Å². The highest BCUT2D eigenvalue weighted by Gasteiger charge is 2.30. The Bertz CT molecular complexity index is 1190. The molecule has 2 aromatic heterocycles. The standard InChI is InChI=1S/C21H15F3N4O3/c22-21(23,24)14-6-3-7-15(12-14)25-20(29)26-16-8-2-1-5-13(16)11-18-27-19(28-31-18)17-9-4-10-30-17/h1-10,12H,11H2,(H2,25,26,29). The maximum absolute atomic E-state index is 12.8. The lowest BCUT2D eigenvalue weighted by molar-refractivity contribution is -0.137. The van der Waals surface area contributed by atoms with E-state index in [9.17, 15) is 18.0 Å². The fraction of sp³-hybridized carbons (Fsp3) is 0.0952. The summed E-state index contributed by atoms with van der Waals surface area (Å²) in [5.41, 5.74) is 0.292. The second-order valence-electron chi connectivity index (χ2n) is 6.48. The molecular formula is C21H15F3N4O3. The molecule has 4 aromatic rings. The molecule has 2 amide bonds. The van der Waals surface area contributed by atoms with Crippen molar-refractivity contribution in [2.45, 2.75) is 12.6 Å². The number of hydrogen-bond donors (Lipinski definition) is 2. The topological polar surface area (TPSA) is 93.2 Å². The molecule has 0 aliphatic heterocycles. The van der Waals surface area contributed by atoms with Crippen molar-refractivity contribution < 1.29 is 26.9 Å². The van der Waals surface area contributed by atoms with Gasteiger partial charge in [0, 0.05) is 11.4 Å². The average Bonchev–Trinajstić information content (AvgIpc) is 3.41. The van der Waals surface area contributed by atoms with E-state index in [4.69, 9.17) is 8.94 Å². The molecule has 2 heterocycles. The Hall–Kier alpha value is -4.08. The van der Waals surface area contributed by atoms with E-state index in [1.54, 1.807) is 36.4 Å². The molecule has 31 heavy (non-hydrogen) atoms. The highest BCUT2D eigenvalue weighted by atomic mass is 19.4. The lowest BCUT2D eigenvalue weighted by Gasteiger charge is -2.12. The monoisotopic (exact) mass is 428 g/mol. The van der Waals surface area contributed by atoms with Crippen LogP contribution in [0.2, 0.25) is 0 Å². The fourth-order valence-electron chi connectivity index (χ4n) is 2.85. The lowest BCUT2D eigenvalue weighted by Crippen LogP contribution is -2.20. The number of aromatic nitrogens is 2. The van der Waals surface area contributed by atoms with Crippen LogP contribution in [0.25, 0.3) is 11.6 Å². The number of alkyl halides is 3. The summed E-state index contributed by atoms with van der Waals surface area (Å²) in [6.45, 7) is 0. The average molecular weight is 428 g/mol. The van der Waals surface area contributed by atoms with Crippen LogP contribution in [0.3, 0.4) is 0 Å². The number of urea groups is 1. The third-order valence-electron chi connectivity index (χ3n) is 4.26. The van der Waals surface area contributed by atoms with Crippen molar-refractivity contribution >= 4 is 17.4 Å². The van der Waals surface area contributed by atoms with Crippen molar-refractivity contribution in [1.82, 2.24) is 10.1 Å². The molecule has 2 aromatic carbocycles. The summed E-state index contributed by atoms with van der Waals surface area (Å²) >= 11 is 0. The zero-order valence-corrected chi connectivity index (χ0v) is 15.8. The van der Waals surface area contributed by atoms with Crippen molar-refractivity contribution in [3.05, 3.63) is 83.9 Å². The van der Waals surface area contributed by atoms with Crippen LogP contribution in [0, 0.1) is 0 Å². The SMILES string of the molecule is O=C(Nc1cccc(C(F)(F)F)c1)Nc1ccccc1Cc1nc(-c2ccco2)no1. The van der Waals surface area contributed by atoms with Gasteiger partial charge in [0.1, 0.15) is 0 Å². The molecule has 0 aliphatic rings. The summed E-state index contributed by atoms with van der Waals surface area (Å²) in [6, 6.07) is 14.0. The number of rotatable bonds is 5. The summed E-state index contributed by atoms with van der Waals surface area (Å²) in [7, 11) is 0. The Morgan fingerprint density at radius 1 is 1.00 bits per heavy atom. The third kappa shape index (κ3) is 4.92. The van der Waals surface area contributed by atoms with Gasteiger partial charge in [0.25, 0.3) is 0 Å². The molecule has 0 radical (unpaired) electrons. The summed E-state index contributed by atoms with van der Waals surface area (Å²) < 4.78 is 49.0. The van der Waals surface area contributed by atoms with E-state index in [1.807, 2.05) is 0 Å². The number of benzene rings is 2. The number of hydrogen-bond acceptors (Lipinski definition) is 5. The molecule has 0 spiro atoms. The van der Waals surface area contributed by atoms with Gasteiger partial charge >= 0.3 is 12.2 Å². The number of anilines is 2. The minimum Gasteiger partial charge on any atom is -0.461 e. The maximum Gasteiger partial charge on any atom is 0.416 e. The van der Waals surface area contributed by atoms with Gasteiger partial charge in [0.05, 0.1) is 18.2 Å².